The Bertz CT molecular complexity index is 1520. The minimum Gasteiger partial charge on any atom is -0.278 e. The van der Waals surface area contributed by atoms with Crippen molar-refractivity contribution in [3.05, 3.63) is 60.2 Å². The van der Waals surface area contributed by atoms with Gasteiger partial charge in [0.2, 0.25) is 11.8 Å². The van der Waals surface area contributed by atoms with Gasteiger partial charge in [-0.05, 0) is 49.9 Å². The lowest BCUT2D eigenvalue weighted by molar-refractivity contribution is 0.0885. The van der Waals surface area contributed by atoms with Crippen LogP contribution in [0.5, 0.6) is 0 Å². The van der Waals surface area contributed by atoms with E-state index < -0.39 is 0 Å². The third-order valence-corrected chi connectivity index (χ3v) is 10.1. The minimum absolute atomic E-state index is 0.0805. The van der Waals surface area contributed by atoms with Crippen molar-refractivity contribution in [3.63, 3.8) is 0 Å². The molecule has 0 amide bonds. The molecule has 2 heterocycles. The number of thioether (sulfide) groups is 2. The van der Waals surface area contributed by atoms with Gasteiger partial charge in [-0.1, -0.05) is 119 Å². The Labute approximate surface area is 286 Å². The summed E-state index contributed by atoms with van der Waals surface area (Å²) in [6.45, 7) is 4.33. The second-order valence-electron chi connectivity index (χ2n) is 12.0. The van der Waals surface area contributed by atoms with E-state index >= 15 is 0 Å². The van der Waals surface area contributed by atoms with E-state index in [1.165, 1.54) is 45.5 Å². The first-order chi connectivity index (χ1) is 23.0. The molecule has 0 saturated heterocycles. The minimum atomic E-state index is -0.195. The molecule has 8 nitrogen and oxygen atoms in total. The zero-order chi connectivity index (χ0) is 33.4. The predicted octanol–water partition coefficient (Wildman–Crippen LogP) is 10.0. The van der Waals surface area contributed by atoms with Crippen LogP contribution in [0.3, 0.4) is 0 Å². The van der Waals surface area contributed by atoms with Crippen LogP contribution in [0.4, 0.5) is 0 Å². The van der Waals surface area contributed by atoms with Crippen molar-refractivity contribution >= 4 is 67.6 Å². The molecule has 0 saturated carbocycles. The van der Waals surface area contributed by atoms with Gasteiger partial charge in [0.25, 0.3) is 10.2 Å². The Kier molecular flexibility index (Phi) is 15.2. The summed E-state index contributed by atoms with van der Waals surface area (Å²) in [6.07, 6.45) is 13.7. The number of nitrogens with zero attached hydrogens (tertiary/aromatic N) is 4. The highest BCUT2D eigenvalue weighted by Gasteiger charge is 2.23. The SMILES string of the molecule is CCCCCCCC(=O)n1c(C(=O)SCCCCCSC(=O)c2nc3ccccc3n2C(=O)CCCCCCC)nc2ccccc21. The first-order valence-electron chi connectivity index (χ1n) is 17.3. The highest BCUT2D eigenvalue weighted by atomic mass is 32.2. The summed E-state index contributed by atoms with van der Waals surface area (Å²) >= 11 is 2.38. The predicted molar refractivity (Wildman–Crippen MR) is 195 cm³/mol. The first-order valence-corrected chi connectivity index (χ1v) is 19.3. The van der Waals surface area contributed by atoms with Gasteiger partial charge in [-0.15, -0.1) is 0 Å². The van der Waals surface area contributed by atoms with Gasteiger partial charge in [-0.3, -0.25) is 28.3 Å². The van der Waals surface area contributed by atoms with Gasteiger partial charge in [0.15, 0.2) is 11.6 Å². The van der Waals surface area contributed by atoms with Gasteiger partial charge in [-0.2, -0.15) is 0 Å². The lowest BCUT2D eigenvalue weighted by atomic mass is 10.1. The summed E-state index contributed by atoms with van der Waals surface area (Å²) in [4.78, 5) is 61.8. The average Bonchev–Trinajstić information content (AvgIpc) is 3.67. The Morgan fingerprint density at radius 1 is 0.532 bits per heavy atom. The molecule has 0 N–H and O–H groups in total. The zero-order valence-corrected chi connectivity index (χ0v) is 29.5. The molecular formula is C37H48N4O4S2. The van der Waals surface area contributed by atoms with Gasteiger partial charge >= 0.3 is 0 Å². The normalized spacial score (nSPS) is 11.4. The van der Waals surface area contributed by atoms with Crippen LogP contribution in [0, 0.1) is 0 Å². The molecule has 0 radical (unpaired) electrons. The quantitative estimate of drug-likeness (QED) is 0.0852. The molecule has 0 aliphatic carbocycles. The summed E-state index contributed by atoms with van der Waals surface area (Å²) in [5.74, 6) is 1.46. The highest BCUT2D eigenvalue weighted by molar-refractivity contribution is 8.14. The highest BCUT2D eigenvalue weighted by Crippen LogP contribution is 2.24. The number of unbranched alkanes of at least 4 members (excludes halogenated alkanes) is 10. The van der Waals surface area contributed by atoms with Crippen LogP contribution >= 0.6 is 23.5 Å². The van der Waals surface area contributed by atoms with Crippen LogP contribution in [-0.4, -0.2) is 52.7 Å². The van der Waals surface area contributed by atoms with Crippen molar-refractivity contribution in [2.45, 2.75) is 110 Å². The van der Waals surface area contributed by atoms with Crippen molar-refractivity contribution in [1.82, 2.24) is 19.1 Å². The summed E-state index contributed by atoms with van der Waals surface area (Å²) in [5.41, 5.74) is 2.66. The largest absolute Gasteiger partial charge is 0.278 e. The van der Waals surface area contributed by atoms with Crippen LogP contribution in [0.1, 0.15) is 141 Å². The Hall–Kier alpha value is -3.24. The number of hydrogen-bond acceptors (Lipinski definition) is 8. The summed E-state index contributed by atoms with van der Waals surface area (Å²) in [5, 5.41) is -0.391. The van der Waals surface area contributed by atoms with Crippen LogP contribution in [0.2, 0.25) is 0 Å². The molecule has 2 aromatic carbocycles. The summed E-state index contributed by atoms with van der Waals surface area (Å²) < 4.78 is 3.02. The van der Waals surface area contributed by atoms with Gasteiger partial charge in [-0.25, -0.2) is 9.97 Å². The zero-order valence-electron chi connectivity index (χ0n) is 27.9. The van der Waals surface area contributed by atoms with Crippen LogP contribution in [-0.2, 0) is 0 Å². The van der Waals surface area contributed by atoms with E-state index in [0.717, 1.165) is 70.6 Å². The lowest BCUT2D eigenvalue weighted by Gasteiger charge is -2.08. The smallest absolute Gasteiger partial charge is 0.255 e. The maximum absolute atomic E-state index is 13.2. The van der Waals surface area contributed by atoms with Gasteiger partial charge < -0.3 is 0 Å². The topological polar surface area (TPSA) is 104 Å². The monoisotopic (exact) mass is 676 g/mol. The maximum Gasteiger partial charge on any atom is 0.255 e. The molecule has 0 fully saturated rings. The standard InChI is InChI=1S/C37H48N4O4S2/c1-3-5-7-9-12-24-32(42)40-30-22-16-14-20-28(30)38-34(40)36(44)46-26-18-11-19-27-47-37(45)35-39-29-21-15-17-23-31(29)41(35)33(43)25-13-10-8-6-4-2/h14-17,20-23H,3-13,18-19,24-27H2,1-2H3. The van der Waals surface area contributed by atoms with Gasteiger partial charge in [0.1, 0.15) is 0 Å². The van der Waals surface area contributed by atoms with Crippen molar-refractivity contribution in [2.75, 3.05) is 11.5 Å². The number of aromatic nitrogens is 4. The number of imidazole rings is 2. The maximum atomic E-state index is 13.2. The fraction of sp³-hybridized carbons (Fsp3) is 0.514. The van der Waals surface area contributed by atoms with Crippen molar-refractivity contribution in [3.8, 4) is 0 Å². The molecule has 0 aliphatic heterocycles. The molecule has 0 bridgehead atoms. The summed E-state index contributed by atoms with van der Waals surface area (Å²) in [7, 11) is 0. The van der Waals surface area contributed by atoms with Gasteiger partial charge in [0, 0.05) is 24.3 Å². The van der Waals surface area contributed by atoms with Crippen LogP contribution in [0.15, 0.2) is 48.5 Å². The molecule has 0 atom stereocenters. The molecule has 0 aliphatic rings. The number of fused-ring (bicyclic) bond motifs is 2. The van der Waals surface area contributed by atoms with E-state index in [9.17, 15) is 19.2 Å². The van der Waals surface area contributed by atoms with Gasteiger partial charge in [0.05, 0.1) is 22.1 Å². The van der Waals surface area contributed by atoms with E-state index in [2.05, 4.69) is 23.8 Å². The second-order valence-corrected chi connectivity index (χ2v) is 14.1. The van der Waals surface area contributed by atoms with Crippen molar-refractivity contribution in [1.29, 1.82) is 0 Å². The third kappa shape index (κ3) is 10.4. The Balaban J connectivity index is 1.25. The van der Waals surface area contributed by atoms with E-state index in [1.807, 2.05) is 48.5 Å². The lowest BCUT2D eigenvalue weighted by Crippen LogP contribution is -2.17. The molecule has 0 unspecified atom stereocenters. The molecule has 0 spiro atoms. The Morgan fingerprint density at radius 2 is 0.915 bits per heavy atom. The fourth-order valence-electron chi connectivity index (χ4n) is 5.65. The summed E-state index contributed by atoms with van der Waals surface area (Å²) in [6, 6.07) is 14.8. The average molecular weight is 677 g/mol. The fourth-order valence-corrected chi connectivity index (χ4v) is 7.25. The van der Waals surface area contributed by atoms with E-state index in [4.69, 9.17) is 0 Å². The van der Waals surface area contributed by atoms with E-state index in [0.29, 0.717) is 46.4 Å². The molecular weight excluding hydrogens is 629 g/mol. The molecule has 4 aromatic rings. The number of para-hydroxylation sites is 4. The molecule has 252 valence electrons. The number of hydrogen-bond donors (Lipinski definition) is 0. The molecule has 4 rings (SSSR count). The van der Waals surface area contributed by atoms with Crippen molar-refractivity contribution in [2.24, 2.45) is 0 Å². The number of rotatable bonds is 20. The number of carbonyl (C=O) groups excluding carboxylic acids is 4. The van der Waals surface area contributed by atoms with Crippen LogP contribution in [0.25, 0.3) is 22.1 Å². The number of benzene rings is 2. The molecule has 10 heteroatoms. The van der Waals surface area contributed by atoms with E-state index in [-0.39, 0.29) is 33.7 Å². The van der Waals surface area contributed by atoms with Crippen LogP contribution < -0.4 is 0 Å². The Morgan fingerprint density at radius 3 is 1.34 bits per heavy atom. The number of carbonyl (C=O) groups is 4. The van der Waals surface area contributed by atoms with Crippen molar-refractivity contribution < 1.29 is 19.2 Å². The third-order valence-electron chi connectivity index (χ3n) is 8.23. The second kappa shape index (κ2) is 19.5. The molecule has 47 heavy (non-hydrogen) atoms. The molecule has 2 aromatic heterocycles. The first kappa shape index (κ1) is 36.6. The van der Waals surface area contributed by atoms with E-state index in [1.54, 1.807) is 0 Å².